The number of hydrogen-bond acceptors (Lipinski definition) is 2. The van der Waals surface area contributed by atoms with Crippen LogP contribution >= 0.6 is 0 Å². The average molecular weight is 246 g/mol. The van der Waals surface area contributed by atoms with Crippen LogP contribution in [0.4, 0.5) is 0 Å². The standard InChI is InChI=1S/C15H22N2O/c1-12(13-7-3-2-4-8-13)15(18)17-11-14-9-5-6-10-16-14/h2-4,7-8,12,14,16H,5-6,9-11H2,1H3,(H,17,18). The molecule has 0 aliphatic carbocycles. The molecule has 1 amide bonds. The molecule has 1 aromatic carbocycles. The highest BCUT2D eigenvalue weighted by atomic mass is 16.1. The van der Waals surface area contributed by atoms with E-state index in [1.165, 1.54) is 19.3 Å². The Balaban J connectivity index is 1.80. The SMILES string of the molecule is CC(C(=O)NCC1CCCCN1)c1ccccc1. The highest BCUT2D eigenvalue weighted by Crippen LogP contribution is 2.14. The van der Waals surface area contributed by atoms with Crippen molar-refractivity contribution in [3.8, 4) is 0 Å². The second kappa shape index (κ2) is 6.55. The van der Waals surface area contributed by atoms with Crippen molar-refractivity contribution in [2.75, 3.05) is 13.1 Å². The number of nitrogens with one attached hydrogen (secondary N) is 2. The van der Waals surface area contributed by atoms with E-state index in [0.29, 0.717) is 6.04 Å². The fourth-order valence-electron chi connectivity index (χ4n) is 2.37. The summed E-state index contributed by atoms with van der Waals surface area (Å²) in [5, 5.41) is 6.49. The van der Waals surface area contributed by atoms with Crippen LogP contribution < -0.4 is 10.6 Å². The lowest BCUT2D eigenvalue weighted by Crippen LogP contribution is -2.44. The molecular weight excluding hydrogens is 224 g/mol. The third-order valence-corrected chi connectivity index (χ3v) is 3.63. The molecule has 1 saturated heterocycles. The fourth-order valence-corrected chi connectivity index (χ4v) is 2.37. The highest BCUT2D eigenvalue weighted by molar-refractivity contribution is 5.83. The molecule has 0 saturated carbocycles. The van der Waals surface area contributed by atoms with Crippen molar-refractivity contribution in [1.29, 1.82) is 0 Å². The fraction of sp³-hybridized carbons (Fsp3) is 0.533. The van der Waals surface area contributed by atoms with Gasteiger partial charge in [0.15, 0.2) is 0 Å². The first-order chi connectivity index (χ1) is 8.77. The molecule has 1 aliphatic rings. The molecule has 0 radical (unpaired) electrons. The summed E-state index contributed by atoms with van der Waals surface area (Å²) >= 11 is 0. The van der Waals surface area contributed by atoms with Crippen LogP contribution in [0.2, 0.25) is 0 Å². The Morgan fingerprint density at radius 2 is 2.17 bits per heavy atom. The predicted octanol–water partition coefficient (Wildman–Crippen LogP) is 2.05. The van der Waals surface area contributed by atoms with E-state index >= 15 is 0 Å². The van der Waals surface area contributed by atoms with Crippen LogP contribution in [0.3, 0.4) is 0 Å². The molecule has 0 bridgehead atoms. The topological polar surface area (TPSA) is 41.1 Å². The van der Waals surface area contributed by atoms with E-state index in [4.69, 9.17) is 0 Å². The maximum atomic E-state index is 12.0. The van der Waals surface area contributed by atoms with Crippen LogP contribution in [0, 0.1) is 0 Å². The van der Waals surface area contributed by atoms with E-state index in [1.807, 2.05) is 37.3 Å². The van der Waals surface area contributed by atoms with Gasteiger partial charge in [-0.05, 0) is 31.9 Å². The van der Waals surface area contributed by atoms with Gasteiger partial charge in [-0.2, -0.15) is 0 Å². The molecule has 2 rings (SSSR count). The number of amides is 1. The number of carbonyl (C=O) groups is 1. The second-order valence-electron chi connectivity index (χ2n) is 5.02. The van der Waals surface area contributed by atoms with Crippen molar-refractivity contribution < 1.29 is 4.79 Å². The Morgan fingerprint density at radius 3 is 2.83 bits per heavy atom. The highest BCUT2D eigenvalue weighted by Gasteiger charge is 2.17. The lowest BCUT2D eigenvalue weighted by atomic mass is 10.00. The van der Waals surface area contributed by atoms with Crippen LogP contribution in [0.25, 0.3) is 0 Å². The first kappa shape index (κ1) is 13.1. The monoisotopic (exact) mass is 246 g/mol. The van der Waals surface area contributed by atoms with E-state index in [-0.39, 0.29) is 11.8 Å². The van der Waals surface area contributed by atoms with Gasteiger partial charge in [-0.25, -0.2) is 0 Å². The molecule has 3 nitrogen and oxygen atoms in total. The van der Waals surface area contributed by atoms with E-state index in [1.54, 1.807) is 0 Å². The van der Waals surface area contributed by atoms with Gasteiger partial charge in [0.05, 0.1) is 5.92 Å². The van der Waals surface area contributed by atoms with Gasteiger partial charge in [0.2, 0.25) is 5.91 Å². The van der Waals surface area contributed by atoms with Gasteiger partial charge in [-0.1, -0.05) is 36.8 Å². The van der Waals surface area contributed by atoms with Crippen LogP contribution in [0.15, 0.2) is 30.3 Å². The Morgan fingerprint density at radius 1 is 1.39 bits per heavy atom. The molecule has 2 atom stereocenters. The third kappa shape index (κ3) is 3.57. The zero-order valence-electron chi connectivity index (χ0n) is 11.0. The van der Waals surface area contributed by atoms with Crippen LogP contribution in [0.1, 0.15) is 37.7 Å². The summed E-state index contributed by atoms with van der Waals surface area (Å²) in [4.78, 5) is 12.0. The molecule has 1 aromatic rings. The number of carbonyl (C=O) groups excluding carboxylic acids is 1. The largest absolute Gasteiger partial charge is 0.354 e. The Kier molecular flexibility index (Phi) is 4.76. The van der Waals surface area contributed by atoms with E-state index in [2.05, 4.69) is 10.6 Å². The first-order valence-corrected chi connectivity index (χ1v) is 6.83. The zero-order valence-corrected chi connectivity index (χ0v) is 11.0. The minimum Gasteiger partial charge on any atom is -0.354 e. The van der Waals surface area contributed by atoms with Gasteiger partial charge in [0, 0.05) is 12.6 Å². The zero-order chi connectivity index (χ0) is 12.8. The molecular formula is C15H22N2O. The maximum absolute atomic E-state index is 12.0. The smallest absolute Gasteiger partial charge is 0.227 e. The maximum Gasteiger partial charge on any atom is 0.227 e. The Bertz CT molecular complexity index is 371. The Labute approximate surface area is 109 Å². The summed E-state index contributed by atoms with van der Waals surface area (Å²) in [6.07, 6.45) is 3.69. The molecule has 0 spiro atoms. The van der Waals surface area contributed by atoms with Crippen LogP contribution in [0.5, 0.6) is 0 Å². The van der Waals surface area contributed by atoms with E-state index in [0.717, 1.165) is 18.7 Å². The van der Waals surface area contributed by atoms with Gasteiger partial charge in [-0.3, -0.25) is 4.79 Å². The van der Waals surface area contributed by atoms with Crippen molar-refractivity contribution in [3.05, 3.63) is 35.9 Å². The average Bonchev–Trinajstić information content (AvgIpc) is 2.46. The number of piperidine rings is 1. The molecule has 1 aliphatic heterocycles. The van der Waals surface area contributed by atoms with Crippen molar-refractivity contribution >= 4 is 5.91 Å². The predicted molar refractivity (Wildman–Crippen MR) is 73.5 cm³/mol. The number of hydrogen-bond donors (Lipinski definition) is 2. The molecule has 3 heteroatoms. The van der Waals surface area contributed by atoms with Gasteiger partial charge in [0.1, 0.15) is 0 Å². The van der Waals surface area contributed by atoms with Crippen molar-refractivity contribution in [3.63, 3.8) is 0 Å². The molecule has 2 unspecified atom stereocenters. The number of rotatable bonds is 4. The summed E-state index contributed by atoms with van der Waals surface area (Å²) in [5.74, 6) is 0.0448. The lowest BCUT2D eigenvalue weighted by Gasteiger charge is -2.24. The van der Waals surface area contributed by atoms with Gasteiger partial charge < -0.3 is 10.6 Å². The quantitative estimate of drug-likeness (QED) is 0.853. The third-order valence-electron chi connectivity index (χ3n) is 3.63. The summed E-state index contributed by atoms with van der Waals surface area (Å²) in [6, 6.07) is 10.4. The summed E-state index contributed by atoms with van der Waals surface area (Å²) < 4.78 is 0. The summed E-state index contributed by atoms with van der Waals surface area (Å²) in [5.41, 5.74) is 1.08. The summed E-state index contributed by atoms with van der Waals surface area (Å²) in [6.45, 7) is 3.78. The minimum atomic E-state index is -0.0743. The van der Waals surface area contributed by atoms with Crippen molar-refractivity contribution in [2.24, 2.45) is 0 Å². The molecule has 0 aromatic heterocycles. The molecule has 1 fully saturated rings. The minimum absolute atomic E-state index is 0.0743. The van der Waals surface area contributed by atoms with Gasteiger partial charge in [-0.15, -0.1) is 0 Å². The van der Waals surface area contributed by atoms with E-state index < -0.39 is 0 Å². The van der Waals surface area contributed by atoms with Gasteiger partial charge >= 0.3 is 0 Å². The first-order valence-electron chi connectivity index (χ1n) is 6.83. The molecule has 98 valence electrons. The second-order valence-corrected chi connectivity index (χ2v) is 5.02. The van der Waals surface area contributed by atoms with Crippen molar-refractivity contribution in [1.82, 2.24) is 10.6 Å². The molecule has 1 heterocycles. The van der Waals surface area contributed by atoms with E-state index in [9.17, 15) is 4.79 Å². The molecule has 2 N–H and O–H groups in total. The van der Waals surface area contributed by atoms with Crippen LogP contribution in [-0.4, -0.2) is 25.0 Å². The summed E-state index contributed by atoms with van der Waals surface area (Å²) in [7, 11) is 0. The molecule has 18 heavy (non-hydrogen) atoms. The van der Waals surface area contributed by atoms with Crippen LogP contribution in [-0.2, 0) is 4.79 Å². The number of benzene rings is 1. The van der Waals surface area contributed by atoms with Crippen molar-refractivity contribution in [2.45, 2.75) is 38.1 Å². The Hall–Kier alpha value is -1.35. The lowest BCUT2D eigenvalue weighted by molar-refractivity contribution is -0.122. The van der Waals surface area contributed by atoms with Gasteiger partial charge in [0.25, 0.3) is 0 Å². The normalized spacial score (nSPS) is 21.3.